The van der Waals surface area contributed by atoms with Crippen molar-refractivity contribution < 1.29 is 17.9 Å². The molecule has 4 rings (SSSR count). The highest BCUT2D eigenvalue weighted by Crippen LogP contribution is 2.38. The van der Waals surface area contributed by atoms with Crippen LogP contribution in [0.15, 0.2) is 59.8 Å². The Hall–Kier alpha value is -3.53. The summed E-state index contributed by atoms with van der Waals surface area (Å²) in [6, 6.07) is 13.1. The molecule has 1 N–H and O–H groups in total. The Kier molecular flexibility index (Phi) is 6.75. The van der Waals surface area contributed by atoms with E-state index in [2.05, 4.69) is 45.3 Å². The maximum absolute atomic E-state index is 13.1. The second-order valence-corrected chi connectivity index (χ2v) is 10.8. The lowest BCUT2D eigenvalue weighted by Crippen LogP contribution is -2.43. The molecule has 1 aliphatic rings. The number of hydrogen-bond donors (Lipinski definition) is 1. The number of rotatable bonds is 7. The van der Waals surface area contributed by atoms with Crippen LogP contribution in [0.5, 0.6) is 5.88 Å². The van der Waals surface area contributed by atoms with Crippen LogP contribution in [0.4, 0.5) is 5.82 Å². The van der Waals surface area contributed by atoms with E-state index in [4.69, 9.17) is 4.74 Å². The van der Waals surface area contributed by atoms with Crippen molar-refractivity contribution in [2.45, 2.75) is 51.3 Å². The molecule has 184 valence electrons. The van der Waals surface area contributed by atoms with Crippen LogP contribution in [0, 0.1) is 12.8 Å². The van der Waals surface area contributed by atoms with E-state index in [0.29, 0.717) is 17.4 Å². The molecule has 0 radical (unpaired) electrons. The van der Waals surface area contributed by atoms with Crippen LogP contribution in [0.2, 0.25) is 0 Å². The second-order valence-electron chi connectivity index (χ2n) is 9.18. The zero-order chi connectivity index (χ0) is 25.2. The predicted octanol–water partition coefficient (Wildman–Crippen LogP) is 3.50. The Balaban J connectivity index is 1.52. The third-order valence-electron chi connectivity index (χ3n) is 6.49. The zero-order valence-electron chi connectivity index (χ0n) is 20.2. The Labute approximate surface area is 205 Å². The van der Waals surface area contributed by atoms with E-state index in [9.17, 15) is 13.2 Å². The predicted molar refractivity (Wildman–Crippen MR) is 132 cm³/mol. The number of aryl methyl sites for hydroxylation is 1. The summed E-state index contributed by atoms with van der Waals surface area (Å²) < 4.78 is 33.8. The van der Waals surface area contributed by atoms with Gasteiger partial charge in [0.1, 0.15) is 12.4 Å². The molecule has 10 heteroatoms. The number of hydrogen-bond acceptors (Lipinski definition) is 8. The van der Waals surface area contributed by atoms with E-state index in [1.165, 1.54) is 12.1 Å². The SMILES string of the molecule is Cc1cccc(COc2cccc(S(=O)(=O)NC(=O)c3cccnc3N3CCC(C)C3(C)C)n2)n1. The third kappa shape index (κ3) is 5.27. The van der Waals surface area contributed by atoms with E-state index in [-0.39, 0.29) is 28.6 Å². The lowest BCUT2D eigenvalue weighted by molar-refractivity contribution is 0.0981. The summed E-state index contributed by atoms with van der Waals surface area (Å²) in [5, 5.41) is -0.318. The fraction of sp³-hybridized carbons (Fsp3) is 0.360. The standard InChI is InChI=1S/C25H29N5O4S/c1-17-13-15-30(25(17,3)4)23-20(10-7-14-26-23)24(31)29-35(32,33)22-12-6-11-21(28-22)34-16-19-9-5-8-18(2)27-19/h5-12,14,17H,13,15-16H2,1-4H3,(H,29,31). The molecule has 0 spiro atoms. The molecule has 1 atom stereocenters. The maximum atomic E-state index is 13.1. The van der Waals surface area contributed by atoms with Crippen molar-refractivity contribution >= 4 is 21.7 Å². The molecular formula is C25H29N5O4S. The van der Waals surface area contributed by atoms with Crippen LogP contribution in [0.1, 0.15) is 48.9 Å². The van der Waals surface area contributed by atoms with Crippen molar-refractivity contribution in [2.24, 2.45) is 5.92 Å². The molecule has 1 unspecified atom stereocenters. The summed E-state index contributed by atoms with van der Waals surface area (Å²) in [5.41, 5.74) is 1.51. The van der Waals surface area contributed by atoms with Crippen LogP contribution >= 0.6 is 0 Å². The summed E-state index contributed by atoms with van der Waals surface area (Å²) in [7, 11) is -4.25. The highest BCUT2D eigenvalue weighted by Gasteiger charge is 2.40. The van der Waals surface area contributed by atoms with Gasteiger partial charge in [-0.2, -0.15) is 13.4 Å². The molecule has 0 bridgehead atoms. The van der Waals surface area contributed by atoms with Gasteiger partial charge in [0.05, 0.1) is 11.3 Å². The van der Waals surface area contributed by atoms with Crippen molar-refractivity contribution in [3.05, 3.63) is 71.7 Å². The number of pyridine rings is 3. The van der Waals surface area contributed by atoms with Crippen LogP contribution in [0.3, 0.4) is 0 Å². The monoisotopic (exact) mass is 495 g/mol. The molecule has 1 amide bonds. The minimum absolute atomic E-state index is 0.110. The number of sulfonamides is 1. The first kappa shape index (κ1) is 24.6. The molecule has 0 aliphatic carbocycles. The molecule has 9 nitrogen and oxygen atoms in total. The smallest absolute Gasteiger partial charge is 0.281 e. The van der Waals surface area contributed by atoms with Crippen LogP contribution < -0.4 is 14.4 Å². The van der Waals surface area contributed by atoms with Crippen molar-refractivity contribution in [1.82, 2.24) is 19.7 Å². The number of ether oxygens (including phenoxy) is 1. The molecule has 3 aromatic heterocycles. The molecule has 3 aromatic rings. The molecule has 1 aliphatic heterocycles. The number of nitrogens with one attached hydrogen (secondary N) is 1. The number of aromatic nitrogens is 3. The molecule has 4 heterocycles. The van der Waals surface area contributed by atoms with Gasteiger partial charge in [0.25, 0.3) is 15.9 Å². The highest BCUT2D eigenvalue weighted by molar-refractivity contribution is 7.90. The fourth-order valence-electron chi connectivity index (χ4n) is 4.08. The van der Waals surface area contributed by atoms with Crippen LogP contribution in [-0.4, -0.2) is 41.4 Å². The summed E-state index contributed by atoms with van der Waals surface area (Å²) >= 11 is 0. The Morgan fingerprint density at radius 3 is 2.63 bits per heavy atom. The lowest BCUT2D eigenvalue weighted by Gasteiger charge is -2.36. The van der Waals surface area contributed by atoms with Gasteiger partial charge in [-0.05, 0) is 63.4 Å². The van der Waals surface area contributed by atoms with Crippen molar-refractivity contribution in [3.63, 3.8) is 0 Å². The van der Waals surface area contributed by atoms with Gasteiger partial charge in [-0.15, -0.1) is 0 Å². The number of carbonyl (C=O) groups is 1. The molecular weight excluding hydrogens is 466 g/mol. The summed E-state index contributed by atoms with van der Waals surface area (Å²) in [6.45, 7) is 9.08. The van der Waals surface area contributed by atoms with Gasteiger partial charge >= 0.3 is 0 Å². The molecule has 35 heavy (non-hydrogen) atoms. The van der Waals surface area contributed by atoms with Crippen molar-refractivity contribution in [3.8, 4) is 5.88 Å². The number of anilines is 1. The topological polar surface area (TPSA) is 114 Å². The van der Waals surface area contributed by atoms with Gasteiger partial charge < -0.3 is 9.64 Å². The van der Waals surface area contributed by atoms with Gasteiger partial charge in [0.2, 0.25) is 5.88 Å². The Morgan fingerprint density at radius 2 is 1.91 bits per heavy atom. The largest absolute Gasteiger partial charge is 0.471 e. The van der Waals surface area contributed by atoms with Gasteiger partial charge in [-0.1, -0.05) is 19.1 Å². The number of nitrogens with zero attached hydrogens (tertiary/aromatic N) is 4. The average molecular weight is 496 g/mol. The van der Waals surface area contributed by atoms with Crippen LogP contribution in [-0.2, 0) is 16.6 Å². The first-order chi connectivity index (χ1) is 16.6. The van der Waals surface area contributed by atoms with Crippen molar-refractivity contribution in [1.29, 1.82) is 0 Å². The molecule has 1 fully saturated rings. The van der Waals surface area contributed by atoms with Gasteiger partial charge in [0.15, 0.2) is 5.03 Å². The fourth-order valence-corrected chi connectivity index (χ4v) is 5.01. The number of amides is 1. The van der Waals surface area contributed by atoms with Crippen LogP contribution in [0.25, 0.3) is 0 Å². The average Bonchev–Trinajstić information content (AvgIpc) is 3.09. The van der Waals surface area contributed by atoms with Crippen molar-refractivity contribution in [2.75, 3.05) is 11.4 Å². The lowest BCUT2D eigenvalue weighted by atomic mass is 9.90. The minimum atomic E-state index is -4.25. The van der Waals surface area contributed by atoms with Gasteiger partial charge in [-0.25, -0.2) is 9.71 Å². The number of carbonyl (C=O) groups excluding carboxylic acids is 1. The molecule has 1 saturated heterocycles. The summed E-state index contributed by atoms with van der Waals surface area (Å²) in [5.74, 6) is 0.204. The summed E-state index contributed by atoms with van der Waals surface area (Å²) in [6.07, 6.45) is 2.56. The maximum Gasteiger partial charge on any atom is 0.281 e. The van der Waals surface area contributed by atoms with E-state index in [0.717, 1.165) is 18.7 Å². The Morgan fingerprint density at radius 1 is 1.14 bits per heavy atom. The molecule has 0 saturated carbocycles. The first-order valence-electron chi connectivity index (χ1n) is 11.4. The normalized spacial score (nSPS) is 17.3. The molecule has 0 aromatic carbocycles. The minimum Gasteiger partial charge on any atom is -0.471 e. The van der Waals surface area contributed by atoms with E-state index >= 15 is 0 Å². The quantitative estimate of drug-likeness (QED) is 0.530. The second kappa shape index (κ2) is 9.61. The first-order valence-corrected chi connectivity index (χ1v) is 12.9. The third-order valence-corrected chi connectivity index (χ3v) is 7.72. The highest BCUT2D eigenvalue weighted by atomic mass is 32.2. The van der Waals surface area contributed by atoms with Gasteiger partial charge in [-0.3, -0.25) is 9.78 Å². The van der Waals surface area contributed by atoms with E-state index in [1.54, 1.807) is 24.4 Å². The zero-order valence-corrected chi connectivity index (χ0v) is 21.0. The Bertz CT molecular complexity index is 1340. The van der Waals surface area contributed by atoms with E-state index < -0.39 is 15.9 Å². The van der Waals surface area contributed by atoms with E-state index in [1.807, 2.05) is 25.1 Å². The summed E-state index contributed by atoms with van der Waals surface area (Å²) in [4.78, 5) is 28.0. The van der Waals surface area contributed by atoms with Gasteiger partial charge in [0, 0.05) is 30.0 Å².